The van der Waals surface area contributed by atoms with Gasteiger partial charge in [-0.1, -0.05) is 29.8 Å². The molecule has 3 atom stereocenters. The van der Waals surface area contributed by atoms with Crippen molar-refractivity contribution >= 4 is 41.5 Å². The average Bonchev–Trinajstić information content (AvgIpc) is 3.03. The smallest absolute Gasteiger partial charge is 0.193 e. The van der Waals surface area contributed by atoms with Crippen molar-refractivity contribution in [2.75, 3.05) is 33.2 Å². The minimum atomic E-state index is -0.209. The van der Waals surface area contributed by atoms with Gasteiger partial charge in [-0.05, 0) is 25.0 Å². The van der Waals surface area contributed by atoms with Crippen molar-refractivity contribution in [2.45, 2.75) is 30.8 Å². The molecule has 4 nitrogen and oxygen atoms in total. The van der Waals surface area contributed by atoms with Gasteiger partial charge in [-0.3, -0.25) is 9.89 Å². The third kappa shape index (κ3) is 4.02. The summed E-state index contributed by atoms with van der Waals surface area (Å²) in [4.78, 5) is 9.28. The molecule has 26 heavy (non-hydrogen) atoms. The summed E-state index contributed by atoms with van der Waals surface area (Å²) in [5, 5.41) is 4.03. The third-order valence-electron chi connectivity index (χ3n) is 5.51. The van der Waals surface area contributed by atoms with Gasteiger partial charge in [0.2, 0.25) is 0 Å². The molecule has 1 N–H and O–H groups in total. The Labute approximate surface area is 176 Å². The highest BCUT2D eigenvalue weighted by Crippen LogP contribution is 2.45. The number of benzene rings is 1. The van der Waals surface area contributed by atoms with Gasteiger partial charge in [-0.15, -0.1) is 24.0 Å². The molecule has 0 aromatic heterocycles. The van der Waals surface area contributed by atoms with Crippen LogP contribution in [-0.2, 0) is 0 Å². The Kier molecular flexibility index (Phi) is 6.45. The third-order valence-corrected chi connectivity index (χ3v) is 5.84. The minimum absolute atomic E-state index is 0. The van der Waals surface area contributed by atoms with E-state index in [-0.39, 0.29) is 41.8 Å². The Morgan fingerprint density at radius 3 is 2.77 bits per heavy atom. The highest BCUT2D eigenvalue weighted by molar-refractivity contribution is 14.0. The Hall–Kier alpha value is -0.860. The molecule has 2 aliphatic heterocycles. The molecule has 1 saturated heterocycles. The van der Waals surface area contributed by atoms with Crippen LogP contribution >= 0.6 is 35.6 Å². The van der Waals surface area contributed by atoms with Crippen molar-refractivity contribution in [3.8, 4) is 0 Å². The largest absolute Gasteiger partial charge is 0.353 e. The summed E-state index contributed by atoms with van der Waals surface area (Å²) in [6.07, 6.45) is 6.54. The number of likely N-dealkylation sites (tertiary alicyclic amines) is 1. The summed E-state index contributed by atoms with van der Waals surface area (Å²) in [6.45, 7) is 4.12. The molecule has 1 saturated carbocycles. The maximum absolute atomic E-state index is 14.1. The molecule has 7 heteroatoms. The van der Waals surface area contributed by atoms with Gasteiger partial charge in [-0.2, -0.15) is 0 Å². The van der Waals surface area contributed by atoms with Gasteiger partial charge in [0.1, 0.15) is 5.82 Å². The molecule has 142 valence electrons. The van der Waals surface area contributed by atoms with Gasteiger partial charge in [-0.25, -0.2) is 4.39 Å². The van der Waals surface area contributed by atoms with E-state index in [9.17, 15) is 4.39 Å². The maximum Gasteiger partial charge on any atom is 0.193 e. The zero-order valence-electron chi connectivity index (χ0n) is 14.9. The number of hydrogen-bond donors (Lipinski definition) is 1. The molecule has 1 aromatic rings. The second-order valence-electron chi connectivity index (χ2n) is 7.09. The molecule has 2 heterocycles. The van der Waals surface area contributed by atoms with Crippen molar-refractivity contribution < 1.29 is 4.39 Å². The Morgan fingerprint density at radius 2 is 2.08 bits per heavy atom. The van der Waals surface area contributed by atoms with Crippen molar-refractivity contribution in [3.63, 3.8) is 0 Å². The topological polar surface area (TPSA) is 30.9 Å². The molecule has 0 radical (unpaired) electrons. The molecular formula is C19H25ClFIN4. The van der Waals surface area contributed by atoms with E-state index in [0.29, 0.717) is 16.6 Å². The first-order valence-corrected chi connectivity index (χ1v) is 9.36. The van der Waals surface area contributed by atoms with Crippen LogP contribution in [0, 0.1) is 5.82 Å². The van der Waals surface area contributed by atoms with Gasteiger partial charge in [0.25, 0.3) is 0 Å². The number of aliphatic imine (C=N–C) groups is 1. The van der Waals surface area contributed by atoms with Crippen LogP contribution in [0.5, 0.6) is 0 Å². The Balaban J connectivity index is 0.00000196. The summed E-state index contributed by atoms with van der Waals surface area (Å²) in [5.74, 6) is 0.848. The van der Waals surface area contributed by atoms with E-state index in [4.69, 9.17) is 11.6 Å². The number of halogens is 3. The second-order valence-corrected chi connectivity index (χ2v) is 7.50. The van der Waals surface area contributed by atoms with E-state index < -0.39 is 0 Å². The van der Waals surface area contributed by atoms with Crippen LogP contribution in [0.1, 0.15) is 24.3 Å². The number of nitrogens with one attached hydrogen (secondary N) is 1. The summed E-state index contributed by atoms with van der Waals surface area (Å²) in [6, 6.07) is 5.70. The molecular weight excluding hydrogens is 466 g/mol. The molecule has 0 spiro atoms. The van der Waals surface area contributed by atoms with Gasteiger partial charge in [0.05, 0.1) is 0 Å². The number of guanidine groups is 1. The van der Waals surface area contributed by atoms with Gasteiger partial charge < -0.3 is 10.2 Å². The van der Waals surface area contributed by atoms with E-state index in [1.165, 1.54) is 6.07 Å². The van der Waals surface area contributed by atoms with Crippen LogP contribution in [0.2, 0.25) is 5.02 Å². The van der Waals surface area contributed by atoms with Crippen molar-refractivity contribution in [1.82, 2.24) is 15.1 Å². The zero-order valence-corrected chi connectivity index (χ0v) is 18.0. The second kappa shape index (κ2) is 8.44. The fourth-order valence-electron chi connectivity index (χ4n) is 4.03. The highest BCUT2D eigenvalue weighted by Gasteiger charge is 2.43. The van der Waals surface area contributed by atoms with Gasteiger partial charge in [0, 0.05) is 61.8 Å². The Morgan fingerprint density at radius 1 is 1.31 bits per heavy atom. The lowest BCUT2D eigenvalue weighted by atomic mass is 10.1. The predicted molar refractivity (Wildman–Crippen MR) is 115 cm³/mol. The van der Waals surface area contributed by atoms with Crippen molar-refractivity contribution in [2.24, 2.45) is 4.99 Å². The van der Waals surface area contributed by atoms with E-state index in [2.05, 4.69) is 32.3 Å². The van der Waals surface area contributed by atoms with E-state index in [1.54, 1.807) is 12.1 Å². The lowest BCUT2D eigenvalue weighted by Crippen LogP contribution is -2.43. The number of hydrogen-bond acceptors (Lipinski definition) is 2. The summed E-state index contributed by atoms with van der Waals surface area (Å²) < 4.78 is 14.1. The fourth-order valence-corrected chi connectivity index (χ4v) is 4.33. The first-order chi connectivity index (χ1) is 12.2. The lowest BCUT2D eigenvalue weighted by molar-refractivity contribution is 0.259. The predicted octanol–water partition coefficient (Wildman–Crippen LogP) is 3.47. The SMILES string of the molecule is CN=C(NC1CC1c1c(F)cccc1Cl)N1CCC(N2CC=CC2)C1.I. The van der Waals surface area contributed by atoms with Crippen LogP contribution < -0.4 is 5.32 Å². The maximum atomic E-state index is 14.1. The number of rotatable bonds is 3. The van der Waals surface area contributed by atoms with Crippen LogP contribution in [-0.4, -0.2) is 61.1 Å². The standard InChI is InChI=1S/C19H24ClFN4.HI/c1-22-19(25-10-7-13(12-25)24-8-2-3-9-24)23-17-11-14(17)18-15(20)5-4-6-16(18)21;/h2-6,13-14,17H,7-12H2,1H3,(H,22,23);1H. The summed E-state index contributed by atoms with van der Waals surface area (Å²) in [5.41, 5.74) is 0.638. The molecule has 2 fully saturated rings. The molecule has 1 aliphatic carbocycles. The zero-order chi connectivity index (χ0) is 17.4. The van der Waals surface area contributed by atoms with E-state index >= 15 is 0 Å². The van der Waals surface area contributed by atoms with Crippen molar-refractivity contribution in [1.29, 1.82) is 0 Å². The minimum Gasteiger partial charge on any atom is -0.353 e. The molecule has 0 amide bonds. The van der Waals surface area contributed by atoms with Gasteiger partial charge >= 0.3 is 0 Å². The van der Waals surface area contributed by atoms with Gasteiger partial charge in [0.15, 0.2) is 5.96 Å². The van der Waals surface area contributed by atoms with E-state index in [0.717, 1.165) is 45.0 Å². The highest BCUT2D eigenvalue weighted by atomic mass is 127. The fraction of sp³-hybridized carbons (Fsp3) is 0.526. The molecule has 0 bridgehead atoms. The van der Waals surface area contributed by atoms with Crippen LogP contribution in [0.4, 0.5) is 4.39 Å². The quantitative estimate of drug-likeness (QED) is 0.305. The molecule has 4 rings (SSSR count). The molecule has 3 unspecified atom stereocenters. The molecule has 1 aromatic carbocycles. The van der Waals surface area contributed by atoms with E-state index in [1.807, 2.05) is 7.05 Å². The van der Waals surface area contributed by atoms with Crippen LogP contribution in [0.15, 0.2) is 35.3 Å². The van der Waals surface area contributed by atoms with Crippen LogP contribution in [0.25, 0.3) is 0 Å². The summed E-state index contributed by atoms with van der Waals surface area (Å²) in [7, 11) is 1.82. The first kappa shape index (κ1) is 19.9. The average molecular weight is 491 g/mol. The lowest BCUT2D eigenvalue weighted by Gasteiger charge is -2.25. The van der Waals surface area contributed by atoms with Crippen molar-refractivity contribution in [3.05, 3.63) is 46.8 Å². The first-order valence-electron chi connectivity index (χ1n) is 8.98. The van der Waals surface area contributed by atoms with Crippen LogP contribution in [0.3, 0.4) is 0 Å². The normalized spacial score (nSPS) is 28.3. The molecule has 3 aliphatic rings. The Bertz CT molecular complexity index is 683. The summed E-state index contributed by atoms with van der Waals surface area (Å²) >= 11 is 6.20. The monoisotopic (exact) mass is 490 g/mol. The number of nitrogens with zero attached hydrogens (tertiary/aromatic N) is 3.